The van der Waals surface area contributed by atoms with Gasteiger partial charge in [0.25, 0.3) is 5.91 Å². The number of aromatic nitrogens is 2. The minimum Gasteiger partial charge on any atom is -0.376 e. The number of nitrogens with one attached hydrogen (secondary N) is 1. The molecule has 2 amide bonds. The molecule has 2 fully saturated rings. The van der Waals surface area contributed by atoms with Crippen molar-refractivity contribution in [3.05, 3.63) is 47.0 Å². The zero-order chi connectivity index (χ0) is 20.8. The van der Waals surface area contributed by atoms with E-state index >= 15 is 0 Å². The van der Waals surface area contributed by atoms with E-state index < -0.39 is 6.04 Å². The first-order valence-corrected chi connectivity index (χ1v) is 11.6. The van der Waals surface area contributed by atoms with Gasteiger partial charge in [0.2, 0.25) is 5.91 Å². The van der Waals surface area contributed by atoms with Crippen molar-refractivity contribution >= 4 is 23.3 Å². The maximum Gasteiger partial charge on any atom is 0.276 e. The fourth-order valence-electron chi connectivity index (χ4n) is 4.35. The van der Waals surface area contributed by atoms with E-state index in [9.17, 15) is 9.59 Å². The Balaban J connectivity index is 1.64. The molecule has 1 aromatic heterocycles. The van der Waals surface area contributed by atoms with Crippen molar-refractivity contribution in [3.8, 4) is 0 Å². The largest absolute Gasteiger partial charge is 0.376 e. The third-order valence-electron chi connectivity index (χ3n) is 5.89. The van der Waals surface area contributed by atoms with Gasteiger partial charge in [-0.15, -0.1) is 5.10 Å². The Morgan fingerprint density at radius 3 is 2.60 bits per heavy atom. The van der Waals surface area contributed by atoms with Gasteiger partial charge in [0, 0.05) is 24.6 Å². The summed E-state index contributed by atoms with van der Waals surface area (Å²) < 4.78 is 9.65. The van der Waals surface area contributed by atoms with Crippen LogP contribution >= 0.6 is 11.5 Å². The van der Waals surface area contributed by atoms with E-state index in [1.54, 1.807) is 10.3 Å². The number of hydrogen-bond acceptors (Lipinski definition) is 6. The normalized spacial score (nSPS) is 20.6. The first-order chi connectivity index (χ1) is 14.7. The molecule has 8 heteroatoms. The van der Waals surface area contributed by atoms with Crippen molar-refractivity contribution in [1.29, 1.82) is 0 Å². The molecule has 1 saturated heterocycles. The number of carbonyl (C=O) groups is 2. The topological polar surface area (TPSA) is 84.4 Å². The summed E-state index contributed by atoms with van der Waals surface area (Å²) in [6.07, 6.45) is 7.23. The van der Waals surface area contributed by atoms with Crippen LogP contribution in [0, 0.1) is 0 Å². The van der Waals surface area contributed by atoms with E-state index in [-0.39, 0.29) is 29.7 Å². The molecule has 2 aromatic rings. The molecular weight excluding hydrogens is 400 g/mol. The summed E-state index contributed by atoms with van der Waals surface area (Å²) >= 11 is 1.13. The smallest absolute Gasteiger partial charge is 0.276 e. The summed E-state index contributed by atoms with van der Waals surface area (Å²) in [5.74, 6) is -0.422. The first kappa shape index (κ1) is 20.9. The van der Waals surface area contributed by atoms with Crippen LogP contribution in [-0.4, -0.2) is 51.6 Å². The monoisotopic (exact) mass is 428 g/mol. The number of benzene rings is 1. The van der Waals surface area contributed by atoms with Gasteiger partial charge in [0.15, 0.2) is 5.69 Å². The number of ether oxygens (including phenoxy) is 1. The fraction of sp³-hybridized carbons (Fsp3) is 0.545. The molecule has 0 spiro atoms. The highest BCUT2D eigenvalue weighted by Crippen LogP contribution is 2.27. The van der Waals surface area contributed by atoms with Crippen LogP contribution in [0.3, 0.4) is 0 Å². The average molecular weight is 429 g/mol. The van der Waals surface area contributed by atoms with Gasteiger partial charge >= 0.3 is 0 Å². The van der Waals surface area contributed by atoms with Crippen LogP contribution in [-0.2, 0) is 9.53 Å². The van der Waals surface area contributed by atoms with Crippen molar-refractivity contribution in [2.75, 3.05) is 13.2 Å². The lowest BCUT2D eigenvalue weighted by Crippen LogP contribution is -2.49. The Kier molecular flexibility index (Phi) is 7.07. The van der Waals surface area contributed by atoms with Crippen LogP contribution in [0.4, 0.5) is 0 Å². The van der Waals surface area contributed by atoms with Crippen LogP contribution in [0.5, 0.6) is 0 Å². The highest BCUT2D eigenvalue weighted by atomic mass is 32.1. The van der Waals surface area contributed by atoms with Gasteiger partial charge in [0.1, 0.15) is 6.04 Å². The van der Waals surface area contributed by atoms with Crippen molar-refractivity contribution in [3.63, 3.8) is 0 Å². The molecule has 4 rings (SSSR count). The molecule has 1 aliphatic heterocycles. The van der Waals surface area contributed by atoms with Gasteiger partial charge in [-0.2, -0.15) is 0 Å². The Morgan fingerprint density at radius 2 is 1.93 bits per heavy atom. The Hall–Kier alpha value is -2.32. The van der Waals surface area contributed by atoms with Crippen LogP contribution in [0.15, 0.2) is 35.7 Å². The summed E-state index contributed by atoms with van der Waals surface area (Å²) in [5.41, 5.74) is 1.06. The molecule has 2 aliphatic rings. The Bertz CT molecular complexity index is 818. The average Bonchev–Trinajstić information content (AvgIpc) is 3.49. The first-order valence-electron chi connectivity index (χ1n) is 10.8. The van der Waals surface area contributed by atoms with E-state index in [0.717, 1.165) is 55.6 Å². The van der Waals surface area contributed by atoms with E-state index in [4.69, 9.17) is 4.74 Å². The molecule has 0 bridgehead atoms. The summed E-state index contributed by atoms with van der Waals surface area (Å²) in [4.78, 5) is 28.5. The highest BCUT2D eigenvalue weighted by molar-refractivity contribution is 7.03. The molecular formula is C22H28N4O3S. The Labute approximate surface area is 181 Å². The van der Waals surface area contributed by atoms with Gasteiger partial charge in [-0.1, -0.05) is 54.1 Å². The fourth-order valence-corrected chi connectivity index (χ4v) is 4.78. The molecule has 2 unspecified atom stereocenters. The number of carbonyl (C=O) groups excluding carboxylic acids is 2. The molecule has 30 heavy (non-hydrogen) atoms. The number of nitrogens with zero attached hydrogens (tertiary/aromatic N) is 3. The molecule has 1 aliphatic carbocycles. The molecule has 1 N–H and O–H groups in total. The molecule has 1 aromatic carbocycles. The zero-order valence-corrected chi connectivity index (χ0v) is 17.9. The predicted octanol–water partition coefficient (Wildman–Crippen LogP) is 3.35. The standard InChI is InChI=1S/C22H28N4O3S/c27-21(23-17-10-5-2-6-11-17)20(16-8-3-1-4-9-16)26(14-18-12-7-13-29-18)22(28)19-15-30-25-24-19/h1,3-4,8-9,15,17-18,20H,2,5-7,10-14H2,(H,23,27). The van der Waals surface area contributed by atoms with Crippen LogP contribution in [0.2, 0.25) is 0 Å². The second-order valence-electron chi connectivity index (χ2n) is 8.04. The van der Waals surface area contributed by atoms with Gasteiger partial charge in [0.05, 0.1) is 6.10 Å². The number of rotatable bonds is 7. The van der Waals surface area contributed by atoms with E-state index in [1.165, 1.54) is 6.42 Å². The SMILES string of the molecule is O=C(NC1CCCCC1)C(c1ccccc1)N(CC1CCCO1)C(=O)c1csnn1. The van der Waals surface area contributed by atoms with Gasteiger partial charge in [-0.25, -0.2) is 0 Å². The van der Waals surface area contributed by atoms with E-state index in [2.05, 4.69) is 14.9 Å². The van der Waals surface area contributed by atoms with Gasteiger partial charge < -0.3 is 15.0 Å². The lowest BCUT2D eigenvalue weighted by molar-refractivity contribution is -0.127. The summed E-state index contributed by atoms with van der Waals surface area (Å²) in [5, 5.41) is 8.81. The lowest BCUT2D eigenvalue weighted by Gasteiger charge is -2.34. The minimum atomic E-state index is -0.730. The maximum atomic E-state index is 13.5. The molecule has 160 valence electrons. The van der Waals surface area contributed by atoms with E-state index in [0.29, 0.717) is 13.2 Å². The molecule has 7 nitrogen and oxygen atoms in total. The third-order valence-corrected chi connectivity index (χ3v) is 6.40. The van der Waals surface area contributed by atoms with Gasteiger partial charge in [-0.05, 0) is 42.8 Å². The maximum absolute atomic E-state index is 13.5. The molecule has 2 atom stereocenters. The third kappa shape index (κ3) is 5.05. The Morgan fingerprint density at radius 1 is 1.13 bits per heavy atom. The molecule has 2 heterocycles. The number of hydrogen-bond donors (Lipinski definition) is 1. The molecule has 1 saturated carbocycles. The quantitative estimate of drug-likeness (QED) is 0.731. The second-order valence-corrected chi connectivity index (χ2v) is 8.65. The minimum absolute atomic E-state index is 0.0748. The van der Waals surface area contributed by atoms with Gasteiger partial charge in [-0.3, -0.25) is 9.59 Å². The lowest BCUT2D eigenvalue weighted by atomic mass is 9.94. The summed E-state index contributed by atoms with van der Waals surface area (Å²) in [6.45, 7) is 1.04. The summed E-state index contributed by atoms with van der Waals surface area (Å²) in [6, 6.07) is 8.95. The number of amides is 2. The molecule has 0 radical (unpaired) electrons. The zero-order valence-electron chi connectivity index (χ0n) is 17.0. The van der Waals surface area contributed by atoms with Crippen LogP contribution < -0.4 is 5.32 Å². The predicted molar refractivity (Wildman–Crippen MR) is 114 cm³/mol. The second kappa shape index (κ2) is 10.1. The van der Waals surface area contributed by atoms with Crippen molar-refractivity contribution in [2.24, 2.45) is 0 Å². The van der Waals surface area contributed by atoms with Crippen LogP contribution in [0.1, 0.15) is 67.0 Å². The van der Waals surface area contributed by atoms with Crippen molar-refractivity contribution in [2.45, 2.75) is 63.1 Å². The van der Waals surface area contributed by atoms with E-state index in [1.807, 2.05) is 30.3 Å². The highest BCUT2D eigenvalue weighted by Gasteiger charge is 2.36. The van der Waals surface area contributed by atoms with Crippen LogP contribution in [0.25, 0.3) is 0 Å². The van der Waals surface area contributed by atoms with Crippen molar-refractivity contribution in [1.82, 2.24) is 19.8 Å². The summed E-state index contributed by atoms with van der Waals surface area (Å²) in [7, 11) is 0. The van der Waals surface area contributed by atoms with Crippen molar-refractivity contribution < 1.29 is 14.3 Å².